The quantitative estimate of drug-likeness (QED) is 0.660. The van der Waals surface area contributed by atoms with Gasteiger partial charge in [-0.2, -0.15) is 0 Å². The minimum atomic E-state index is -0.145. The summed E-state index contributed by atoms with van der Waals surface area (Å²) in [6.45, 7) is 7.46. The summed E-state index contributed by atoms with van der Waals surface area (Å²) in [4.78, 5) is 4.81. The molecule has 0 spiro atoms. The van der Waals surface area contributed by atoms with Crippen LogP contribution >= 0.6 is 0 Å². The number of nitrogens with zero attached hydrogens (tertiary/aromatic N) is 2. The first kappa shape index (κ1) is 16.9. The smallest absolute Gasteiger partial charge is 0.0611 e. The van der Waals surface area contributed by atoms with Crippen LogP contribution in [0.1, 0.15) is 39.5 Å². The van der Waals surface area contributed by atoms with Gasteiger partial charge in [0.2, 0.25) is 0 Å². The summed E-state index contributed by atoms with van der Waals surface area (Å²) < 4.78 is 0. The molecule has 4 nitrogen and oxygen atoms in total. The number of likely N-dealkylation sites (N-methyl/N-ethyl adjacent to an activating group) is 3. The van der Waals surface area contributed by atoms with E-state index in [9.17, 15) is 5.11 Å². The molecule has 4 heteroatoms. The summed E-state index contributed by atoms with van der Waals surface area (Å²) in [5.74, 6) is 0. The van der Waals surface area contributed by atoms with E-state index < -0.39 is 0 Å². The Morgan fingerprint density at radius 3 is 2.26 bits per heavy atom. The van der Waals surface area contributed by atoms with Gasteiger partial charge < -0.3 is 20.2 Å². The van der Waals surface area contributed by atoms with E-state index in [0.29, 0.717) is 5.54 Å². The van der Waals surface area contributed by atoms with Crippen LogP contribution in [-0.4, -0.2) is 73.4 Å². The van der Waals surface area contributed by atoms with Crippen molar-refractivity contribution in [2.45, 2.75) is 50.6 Å². The molecule has 1 aliphatic carbocycles. The molecule has 0 radical (unpaired) electrons. The van der Waals surface area contributed by atoms with E-state index >= 15 is 0 Å². The second kappa shape index (κ2) is 7.02. The number of hydrogen-bond donors (Lipinski definition) is 2. The molecule has 0 bridgehead atoms. The van der Waals surface area contributed by atoms with Crippen LogP contribution in [0.25, 0.3) is 0 Å². The normalized spacial score (nSPS) is 21.5. The van der Waals surface area contributed by atoms with Crippen molar-refractivity contribution in [1.29, 1.82) is 0 Å². The van der Waals surface area contributed by atoms with Gasteiger partial charge in [0.15, 0.2) is 0 Å². The first-order valence-electron chi connectivity index (χ1n) is 7.59. The van der Waals surface area contributed by atoms with Gasteiger partial charge in [0.25, 0.3) is 0 Å². The fourth-order valence-corrected chi connectivity index (χ4v) is 3.00. The molecule has 0 heterocycles. The van der Waals surface area contributed by atoms with Crippen LogP contribution in [-0.2, 0) is 0 Å². The summed E-state index contributed by atoms with van der Waals surface area (Å²) in [7, 11) is 6.60. The molecule has 0 aromatic carbocycles. The zero-order valence-electron chi connectivity index (χ0n) is 13.5. The lowest BCUT2D eigenvalue weighted by molar-refractivity contribution is 0.0245. The summed E-state index contributed by atoms with van der Waals surface area (Å²) in [5, 5.41) is 12.9. The predicted octanol–water partition coefficient (Wildman–Crippen LogP) is 1.15. The molecule has 19 heavy (non-hydrogen) atoms. The summed E-state index contributed by atoms with van der Waals surface area (Å²) in [6.07, 6.45) is 4.97. The molecule has 1 saturated carbocycles. The lowest BCUT2D eigenvalue weighted by Crippen LogP contribution is -2.57. The van der Waals surface area contributed by atoms with Crippen molar-refractivity contribution < 1.29 is 5.11 Å². The molecule has 1 aliphatic rings. The first-order chi connectivity index (χ1) is 8.87. The topological polar surface area (TPSA) is 38.7 Å². The monoisotopic (exact) mass is 271 g/mol. The van der Waals surface area contributed by atoms with E-state index in [2.05, 4.69) is 50.1 Å². The molecule has 0 aromatic rings. The van der Waals surface area contributed by atoms with Crippen LogP contribution in [0, 0.1) is 0 Å². The van der Waals surface area contributed by atoms with E-state index in [0.717, 1.165) is 26.1 Å². The van der Waals surface area contributed by atoms with Gasteiger partial charge in [-0.25, -0.2) is 0 Å². The third kappa shape index (κ3) is 4.42. The highest BCUT2D eigenvalue weighted by molar-refractivity contribution is 4.98. The van der Waals surface area contributed by atoms with E-state index in [1.807, 2.05) is 0 Å². The van der Waals surface area contributed by atoms with Gasteiger partial charge >= 0.3 is 0 Å². The van der Waals surface area contributed by atoms with Gasteiger partial charge in [-0.1, -0.05) is 6.92 Å². The minimum absolute atomic E-state index is 0.145. The second-order valence-corrected chi connectivity index (χ2v) is 6.71. The Morgan fingerprint density at radius 2 is 1.89 bits per heavy atom. The van der Waals surface area contributed by atoms with Gasteiger partial charge in [0, 0.05) is 17.6 Å². The Kier molecular flexibility index (Phi) is 6.24. The first-order valence-corrected chi connectivity index (χ1v) is 7.59. The molecule has 1 atom stereocenters. The van der Waals surface area contributed by atoms with Crippen molar-refractivity contribution in [2.24, 2.45) is 0 Å². The average molecular weight is 271 g/mol. The lowest BCUT2D eigenvalue weighted by atomic mass is 9.75. The maximum Gasteiger partial charge on any atom is 0.0611 e. The highest BCUT2D eigenvalue weighted by atomic mass is 16.3. The van der Waals surface area contributed by atoms with E-state index in [1.54, 1.807) is 0 Å². The van der Waals surface area contributed by atoms with Crippen molar-refractivity contribution in [3.8, 4) is 0 Å². The van der Waals surface area contributed by atoms with Gasteiger partial charge in [0.05, 0.1) is 6.61 Å². The highest BCUT2D eigenvalue weighted by Gasteiger charge is 2.39. The van der Waals surface area contributed by atoms with Gasteiger partial charge in [-0.15, -0.1) is 0 Å². The average Bonchev–Trinajstić information content (AvgIpc) is 2.31. The number of nitrogens with one attached hydrogen (secondary N) is 1. The number of rotatable bonds is 9. The largest absolute Gasteiger partial charge is 0.394 e. The van der Waals surface area contributed by atoms with Crippen LogP contribution in [0.5, 0.6) is 0 Å². The molecular formula is C15H33N3O. The Balaban J connectivity index is 2.40. The molecule has 114 valence electrons. The molecule has 0 aliphatic heterocycles. The SMILES string of the molecule is CCNC(C)(CO)CCN(C)CC1(N(C)C)CCC1. The minimum Gasteiger partial charge on any atom is -0.394 e. The fraction of sp³-hybridized carbons (Fsp3) is 1.00. The van der Waals surface area contributed by atoms with E-state index in [4.69, 9.17) is 0 Å². The second-order valence-electron chi connectivity index (χ2n) is 6.71. The maximum atomic E-state index is 9.52. The van der Waals surface area contributed by atoms with Crippen LogP contribution in [0.3, 0.4) is 0 Å². The highest BCUT2D eigenvalue weighted by Crippen LogP contribution is 2.36. The standard InChI is InChI=1S/C15H33N3O/c1-6-16-14(2,13-19)10-11-18(5)12-15(17(3)4)8-7-9-15/h16,19H,6-13H2,1-5H3. The number of aliphatic hydroxyl groups is 1. The third-order valence-corrected chi connectivity index (χ3v) is 4.80. The number of hydrogen-bond acceptors (Lipinski definition) is 4. The molecule has 1 fully saturated rings. The van der Waals surface area contributed by atoms with Crippen molar-refractivity contribution in [3.05, 3.63) is 0 Å². The van der Waals surface area contributed by atoms with Crippen molar-refractivity contribution in [2.75, 3.05) is 47.4 Å². The Hall–Kier alpha value is -0.160. The summed E-state index contributed by atoms with van der Waals surface area (Å²) >= 11 is 0. The third-order valence-electron chi connectivity index (χ3n) is 4.80. The molecule has 2 N–H and O–H groups in total. The summed E-state index contributed by atoms with van der Waals surface area (Å²) in [6, 6.07) is 0. The molecule has 0 saturated heterocycles. The van der Waals surface area contributed by atoms with Gasteiger partial charge in [-0.3, -0.25) is 0 Å². The molecule has 1 unspecified atom stereocenters. The molecular weight excluding hydrogens is 238 g/mol. The lowest BCUT2D eigenvalue weighted by Gasteiger charge is -2.49. The van der Waals surface area contributed by atoms with Gasteiger partial charge in [-0.05, 0) is 66.8 Å². The molecule has 0 aromatic heterocycles. The Labute approximate surface area is 119 Å². The number of aliphatic hydroxyl groups excluding tert-OH is 1. The van der Waals surface area contributed by atoms with Crippen molar-refractivity contribution >= 4 is 0 Å². The zero-order chi connectivity index (χ0) is 14.5. The van der Waals surface area contributed by atoms with Crippen molar-refractivity contribution in [1.82, 2.24) is 15.1 Å². The van der Waals surface area contributed by atoms with Crippen LogP contribution in [0.4, 0.5) is 0 Å². The Morgan fingerprint density at radius 1 is 1.26 bits per heavy atom. The van der Waals surface area contributed by atoms with E-state index in [-0.39, 0.29) is 12.1 Å². The van der Waals surface area contributed by atoms with Crippen LogP contribution in [0.15, 0.2) is 0 Å². The van der Waals surface area contributed by atoms with E-state index in [1.165, 1.54) is 19.3 Å². The molecule has 0 amide bonds. The van der Waals surface area contributed by atoms with Crippen LogP contribution in [0.2, 0.25) is 0 Å². The summed E-state index contributed by atoms with van der Waals surface area (Å²) in [5.41, 5.74) is 0.246. The predicted molar refractivity (Wildman–Crippen MR) is 81.6 cm³/mol. The van der Waals surface area contributed by atoms with Crippen molar-refractivity contribution in [3.63, 3.8) is 0 Å². The zero-order valence-corrected chi connectivity index (χ0v) is 13.5. The van der Waals surface area contributed by atoms with Gasteiger partial charge in [0.1, 0.15) is 0 Å². The van der Waals surface area contributed by atoms with Crippen LogP contribution < -0.4 is 5.32 Å². The molecule has 1 rings (SSSR count). The Bertz CT molecular complexity index is 266. The maximum absolute atomic E-state index is 9.52. The fourth-order valence-electron chi connectivity index (χ4n) is 3.00.